The molecule has 0 saturated carbocycles. The zero-order chi connectivity index (χ0) is 35.3. The van der Waals surface area contributed by atoms with Crippen molar-refractivity contribution in [2.75, 3.05) is 0 Å². The molecule has 0 bridgehead atoms. The van der Waals surface area contributed by atoms with Gasteiger partial charge in [-0.15, -0.1) is 0 Å². The number of aryl methyl sites for hydroxylation is 1. The molecule has 8 aliphatic rings. The average Bonchev–Trinajstić information content (AvgIpc) is 3.50. The van der Waals surface area contributed by atoms with Gasteiger partial charge in [0.1, 0.15) is 0 Å². The number of rotatable bonds is 5. The van der Waals surface area contributed by atoms with Crippen molar-refractivity contribution in [3.05, 3.63) is 167 Å². The van der Waals surface area contributed by atoms with Gasteiger partial charge in [-0.1, -0.05) is 134 Å². The lowest BCUT2D eigenvalue weighted by molar-refractivity contribution is 0.222. The number of nitrogens with zero attached hydrogens (tertiary/aromatic N) is 1. The Kier molecular flexibility index (Phi) is 8.86. The lowest BCUT2D eigenvalue weighted by atomic mass is 9.64. The zero-order valence-corrected chi connectivity index (χ0v) is 31.5. The number of aromatic nitrogens is 1. The second-order valence-electron chi connectivity index (χ2n) is 17.2. The van der Waals surface area contributed by atoms with E-state index in [0.717, 1.165) is 32.1 Å². The van der Waals surface area contributed by atoms with Crippen LogP contribution in [0.15, 0.2) is 150 Å². The molecule has 1 nitrogen and oxygen atoms in total. The van der Waals surface area contributed by atoms with Crippen LogP contribution in [0.5, 0.6) is 0 Å². The molecule has 0 aliphatic heterocycles. The number of fused-ring (bicyclic) bond motifs is 5. The van der Waals surface area contributed by atoms with E-state index in [1.165, 1.54) is 77.4 Å². The molecule has 53 heavy (non-hydrogen) atoms. The first-order valence-corrected chi connectivity index (χ1v) is 21.1. The number of benzene rings is 1. The lowest BCUT2D eigenvalue weighted by Gasteiger charge is -2.40. The fraction of sp³-hybridized carbons (Fsp3) is 0.385. The van der Waals surface area contributed by atoms with Crippen molar-refractivity contribution < 1.29 is 0 Å². The van der Waals surface area contributed by atoms with Gasteiger partial charge in [-0.25, -0.2) is 0 Å². The highest BCUT2D eigenvalue weighted by Gasteiger charge is 2.42. The quantitative estimate of drug-likeness (QED) is 0.275. The molecule has 0 spiro atoms. The van der Waals surface area contributed by atoms with E-state index in [-0.39, 0.29) is 0 Å². The van der Waals surface area contributed by atoms with Crippen LogP contribution in [0.25, 0.3) is 22.6 Å². The molecule has 0 fully saturated rings. The Hall–Kier alpha value is -4.36. The summed E-state index contributed by atoms with van der Waals surface area (Å²) in [6.45, 7) is 2.59. The van der Waals surface area contributed by atoms with Gasteiger partial charge in [0, 0.05) is 22.5 Å². The molecular formula is C52H55N. The van der Waals surface area contributed by atoms with Gasteiger partial charge < -0.3 is 4.57 Å². The fourth-order valence-corrected chi connectivity index (χ4v) is 11.5. The second-order valence-corrected chi connectivity index (χ2v) is 17.2. The summed E-state index contributed by atoms with van der Waals surface area (Å²) in [7, 11) is 0. The zero-order valence-electron chi connectivity index (χ0n) is 31.5. The van der Waals surface area contributed by atoms with Gasteiger partial charge in [0.15, 0.2) is 0 Å². The van der Waals surface area contributed by atoms with Crippen molar-refractivity contribution >= 4 is 22.6 Å². The molecule has 0 N–H and O–H groups in total. The van der Waals surface area contributed by atoms with Crippen LogP contribution in [0, 0.1) is 41.4 Å². The number of hydrogen-bond donors (Lipinski definition) is 0. The maximum absolute atomic E-state index is 2.70. The van der Waals surface area contributed by atoms with Crippen LogP contribution in [0.2, 0.25) is 0 Å². The summed E-state index contributed by atoms with van der Waals surface area (Å²) in [4.78, 5) is 0. The molecular weight excluding hydrogens is 639 g/mol. The molecule has 10 rings (SSSR count). The normalized spacial score (nSPS) is 33.0. The van der Waals surface area contributed by atoms with E-state index in [4.69, 9.17) is 0 Å². The molecule has 1 heterocycles. The van der Waals surface area contributed by atoms with Crippen LogP contribution in [0.1, 0.15) is 94.0 Å². The Labute approximate surface area is 317 Å². The predicted molar refractivity (Wildman–Crippen MR) is 225 cm³/mol. The van der Waals surface area contributed by atoms with Crippen molar-refractivity contribution in [1.29, 1.82) is 0 Å². The summed E-state index contributed by atoms with van der Waals surface area (Å²) in [5.41, 5.74) is 13.7. The van der Waals surface area contributed by atoms with E-state index in [1.54, 1.807) is 16.7 Å². The highest BCUT2D eigenvalue weighted by Crippen LogP contribution is 2.52. The van der Waals surface area contributed by atoms with E-state index in [0.29, 0.717) is 47.5 Å². The minimum Gasteiger partial charge on any atom is -0.333 e. The predicted octanol–water partition coefficient (Wildman–Crippen LogP) is 13.5. The Bertz CT molecular complexity index is 2170. The smallest absolute Gasteiger partial charge is 0.0560 e. The summed E-state index contributed by atoms with van der Waals surface area (Å²) in [6.07, 6.45) is 59.6. The van der Waals surface area contributed by atoms with E-state index in [2.05, 4.69) is 145 Å². The maximum Gasteiger partial charge on any atom is 0.0560 e. The minimum absolute atomic E-state index is 0.377. The van der Waals surface area contributed by atoms with Gasteiger partial charge >= 0.3 is 0 Å². The third-order valence-electron chi connectivity index (χ3n) is 14.3. The van der Waals surface area contributed by atoms with Crippen molar-refractivity contribution in [2.24, 2.45) is 41.4 Å². The number of hydrogen-bond acceptors (Lipinski definition) is 0. The molecule has 268 valence electrons. The van der Waals surface area contributed by atoms with Crippen LogP contribution in [-0.2, 0) is 6.42 Å². The summed E-state index contributed by atoms with van der Waals surface area (Å²) < 4.78 is 2.63. The Morgan fingerprint density at radius 2 is 1.60 bits per heavy atom. The molecule has 1 aromatic carbocycles. The molecule has 1 aromatic heterocycles. The van der Waals surface area contributed by atoms with Crippen LogP contribution < -0.4 is 0 Å². The van der Waals surface area contributed by atoms with Crippen LogP contribution >= 0.6 is 0 Å². The molecule has 0 saturated heterocycles. The van der Waals surface area contributed by atoms with Crippen molar-refractivity contribution in [3.63, 3.8) is 0 Å². The van der Waals surface area contributed by atoms with E-state index in [1.807, 2.05) is 0 Å². The van der Waals surface area contributed by atoms with Gasteiger partial charge in [-0.05, 0) is 152 Å². The Morgan fingerprint density at radius 3 is 2.47 bits per heavy atom. The van der Waals surface area contributed by atoms with Crippen molar-refractivity contribution in [3.8, 4) is 0 Å². The topological polar surface area (TPSA) is 4.93 Å². The lowest BCUT2D eigenvalue weighted by Crippen LogP contribution is -2.32. The summed E-state index contributed by atoms with van der Waals surface area (Å²) in [6, 6.07) is 7.73. The van der Waals surface area contributed by atoms with Gasteiger partial charge in [0.25, 0.3) is 0 Å². The second kappa shape index (κ2) is 14.1. The summed E-state index contributed by atoms with van der Waals surface area (Å²) in [5.74, 6) is 4.16. The van der Waals surface area contributed by atoms with Crippen molar-refractivity contribution in [2.45, 2.75) is 83.6 Å². The van der Waals surface area contributed by atoms with Crippen LogP contribution in [-0.4, -0.2) is 4.57 Å². The Balaban J connectivity index is 0.934. The van der Waals surface area contributed by atoms with Gasteiger partial charge in [-0.3, -0.25) is 0 Å². The van der Waals surface area contributed by atoms with Crippen LogP contribution in [0.3, 0.4) is 0 Å². The van der Waals surface area contributed by atoms with E-state index in [9.17, 15) is 0 Å². The SMILES string of the molecule is C[C@H]1C(C2=CCC(C3=CCCC=C3)C=C2)CC2=C(CCC=C2)C2CC(C3C=C(c4ccc5c6c(n(C7C=CC=CC7)c5c4)C=CCC6)C=CC3)C=CC21. The standard InChI is InChI=1S/C52H55N/c1-35-45-29-27-41(32-50(45)46-20-9-8-15-43(46)33-49(35)38-25-23-37(24-26-38)36-13-4-2-5-14-36)39-16-12-17-40(31-39)42-28-30-48-47-21-10-11-22-51(47)53(52(48)34-42)44-18-6-3-7-19-44/h3-4,6-8,11-15,17-18,22-23,25-31,34-35,37,39,41,44-45,49-50H,2,5,9-10,16,19-21,24,32-33H2,1H3/t35-,37?,39?,41?,44?,45?,49?,50?/m1/s1. The monoisotopic (exact) mass is 693 g/mol. The first-order valence-electron chi connectivity index (χ1n) is 21.1. The molecule has 2 aromatic rings. The third kappa shape index (κ3) is 6.09. The van der Waals surface area contributed by atoms with Crippen LogP contribution in [0.4, 0.5) is 0 Å². The highest BCUT2D eigenvalue weighted by molar-refractivity contribution is 5.92. The minimum atomic E-state index is 0.377. The molecule has 7 unspecified atom stereocenters. The molecule has 8 aliphatic carbocycles. The highest BCUT2D eigenvalue weighted by atomic mass is 15.0. The number of allylic oxidation sites excluding steroid dienone is 23. The largest absolute Gasteiger partial charge is 0.333 e. The third-order valence-corrected chi connectivity index (χ3v) is 14.3. The molecule has 0 radical (unpaired) electrons. The van der Waals surface area contributed by atoms with E-state index >= 15 is 0 Å². The molecule has 1 heteroatoms. The maximum atomic E-state index is 2.70. The summed E-state index contributed by atoms with van der Waals surface area (Å²) in [5, 5.41) is 1.44. The summed E-state index contributed by atoms with van der Waals surface area (Å²) >= 11 is 0. The van der Waals surface area contributed by atoms with Gasteiger partial charge in [0.05, 0.1) is 6.04 Å². The Morgan fingerprint density at radius 1 is 0.679 bits per heavy atom. The van der Waals surface area contributed by atoms with Gasteiger partial charge in [0.2, 0.25) is 0 Å². The molecule has 0 amide bonds. The van der Waals surface area contributed by atoms with Crippen molar-refractivity contribution in [1.82, 2.24) is 4.57 Å². The molecule has 8 atom stereocenters. The first-order chi connectivity index (χ1) is 26.2. The first kappa shape index (κ1) is 33.2. The average molecular weight is 694 g/mol. The van der Waals surface area contributed by atoms with Gasteiger partial charge in [-0.2, -0.15) is 0 Å². The van der Waals surface area contributed by atoms with E-state index < -0.39 is 0 Å². The fourth-order valence-electron chi connectivity index (χ4n) is 11.5.